The summed E-state index contributed by atoms with van der Waals surface area (Å²) in [6.45, 7) is 13.3. The van der Waals surface area contributed by atoms with Crippen LogP contribution in [0.1, 0.15) is 31.2 Å². The third-order valence-corrected chi connectivity index (χ3v) is 4.64. The molecule has 0 saturated carbocycles. The lowest BCUT2D eigenvalue weighted by atomic mass is 10.1. The molecule has 0 unspecified atom stereocenters. The van der Waals surface area contributed by atoms with Crippen molar-refractivity contribution >= 4 is 21.4 Å². The zero-order chi connectivity index (χ0) is 15.5. The zero-order valence-corrected chi connectivity index (χ0v) is 14.4. The number of benzene rings is 1. The molecule has 21 heavy (non-hydrogen) atoms. The molecule has 1 N–H and O–H groups in total. The Morgan fingerprint density at radius 3 is 2.67 bits per heavy atom. The van der Waals surface area contributed by atoms with Crippen molar-refractivity contribution in [3.05, 3.63) is 47.4 Å². The first-order valence-electron chi connectivity index (χ1n) is 7.44. The normalized spacial score (nSPS) is 12.2. The average molecular weight is 302 g/mol. The van der Waals surface area contributed by atoms with E-state index in [4.69, 9.17) is 0 Å². The van der Waals surface area contributed by atoms with Crippen LogP contribution in [0.2, 0.25) is 0 Å². The molecular formula is C18H26N2S. The first kappa shape index (κ1) is 16.2. The molecule has 2 aromatic rings. The molecule has 0 radical (unpaired) electrons. The molecular weight excluding hydrogens is 276 g/mol. The molecule has 0 aliphatic rings. The number of fused-ring (bicyclic) bond motifs is 1. The van der Waals surface area contributed by atoms with Gasteiger partial charge in [-0.15, -0.1) is 17.9 Å². The second-order valence-corrected chi connectivity index (χ2v) is 7.73. The third-order valence-electron chi connectivity index (χ3n) is 3.43. The smallest absolute Gasteiger partial charge is 0.0349 e. The minimum absolute atomic E-state index is 0.139. The number of nitrogens with one attached hydrogen (secondary N) is 1. The Morgan fingerprint density at radius 1 is 1.29 bits per heavy atom. The van der Waals surface area contributed by atoms with Gasteiger partial charge in [-0.25, -0.2) is 0 Å². The Labute approximate surface area is 132 Å². The monoisotopic (exact) mass is 302 g/mol. The van der Waals surface area contributed by atoms with Gasteiger partial charge in [-0.2, -0.15) is 0 Å². The SMILES string of the molecule is C=CCN(C)Cc1c(CNC(C)(C)C)sc2ccccc12. The number of hydrogen-bond acceptors (Lipinski definition) is 3. The van der Waals surface area contributed by atoms with Crippen molar-refractivity contribution in [3.8, 4) is 0 Å². The molecule has 0 fully saturated rings. The molecule has 0 saturated heterocycles. The summed E-state index contributed by atoms with van der Waals surface area (Å²) in [7, 11) is 2.15. The molecule has 1 aromatic heterocycles. The number of likely N-dealkylation sites (N-methyl/N-ethyl adjacent to an activating group) is 1. The Hall–Kier alpha value is -1.16. The van der Waals surface area contributed by atoms with Crippen molar-refractivity contribution in [2.24, 2.45) is 0 Å². The highest BCUT2D eigenvalue weighted by Crippen LogP contribution is 2.32. The van der Waals surface area contributed by atoms with Gasteiger partial charge in [-0.3, -0.25) is 4.90 Å². The molecule has 114 valence electrons. The predicted molar refractivity (Wildman–Crippen MR) is 94.9 cm³/mol. The van der Waals surface area contributed by atoms with Crippen molar-refractivity contribution in [2.45, 2.75) is 39.4 Å². The maximum atomic E-state index is 3.83. The fourth-order valence-corrected chi connectivity index (χ4v) is 3.52. The Kier molecular flexibility index (Phi) is 5.20. The third kappa shape index (κ3) is 4.40. The van der Waals surface area contributed by atoms with Crippen LogP contribution in [0.5, 0.6) is 0 Å². The van der Waals surface area contributed by atoms with E-state index in [1.165, 1.54) is 20.5 Å². The van der Waals surface area contributed by atoms with Gasteiger partial charge in [0.05, 0.1) is 0 Å². The van der Waals surface area contributed by atoms with Gasteiger partial charge in [0.2, 0.25) is 0 Å². The summed E-state index contributed by atoms with van der Waals surface area (Å²) in [5.74, 6) is 0. The maximum absolute atomic E-state index is 3.83. The van der Waals surface area contributed by atoms with Gasteiger partial charge >= 0.3 is 0 Å². The predicted octanol–water partition coefficient (Wildman–Crippen LogP) is 4.41. The van der Waals surface area contributed by atoms with Gasteiger partial charge in [-0.1, -0.05) is 24.3 Å². The van der Waals surface area contributed by atoms with Crippen molar-refractivity contribution < 1.29 is 0 Å². The molecule has 0 bridgehead atoms. The summed E-state index contributed by atoms with van der Waals surface area (Å²) in [6.07, 6.45) is 1.96. The summed E-state index contributed by atoms with van der Waals surface area (Å²) >= 11 is 1.91. The molecule has 0 aliphatic carbocycles. The quantitative estimate of drug-likeness (QED) is 0.795. The van der Waals surface area contributed by atoms with Crippen LogP contribution >= 0.6 is 11.3 Å². The molecule has 2 rings (SSSR count). The highest BCUT2D eigenvalue weighted by molar-refractivity contribution is 7.19. The first-order valence-corrected chi connectivity index (χ1v) is 8.26. The fraction of sp³-hybridized carbons (Fsp3) is 0.444. The molecule has 1 heterocycles. The van der Waals surface area contributed by atoms with E-state index < -0.39 is 0 Å². The van der Waals surface area contributed by atoms with Crippen LogP contribution in [0.3, 0.4) is 0 Å². The summed E-state index contributed by atoms with van der Waals surface area (Å²) in [5, 5.41) is 5.01. The molecule has 0 atom stereocenters. The van der Waals surface area contributed by atoms with Gasteiger partial charge in [0.15, 0.2) is 0 Å². The number of rotatable bonds is 6. The zero-order valence-electron chi connectivity index (χ0n) is 13.6. The van der Waals surface area contributed by atoms with Gasteiger partial charge in [0, 0.05) is 34.8 Å². The molecule has 0 aliphatic heterocycles. The average Bonchev–Trinajstić information content (AvgIpc) is 2.74. The van der Waals surface area contributed by atoms with Gasteiger partial charge in [-0.05, 0) is 44.8 Å². The molecule has 1 aromatic carbocycles. The van der Waals surface area contributed by atoms with Crippen molar-refractivity contribution in [1.29, 1.82) is 0 Å². The van der Waals surface area contributed by atoms with Gasteiger partial charge in [0.1, 0.15) is 0 Å². The van der Waals surface area contributed by atoms with Crippen LogP contribution in [-0.2, 0) is 13.1 Å². The first-order chi connectivity index (χ1) is 9.90. The lowest BCUT2D eigenvalue weighted by molar-refractivity contribution is 0.362. The van der Waals surface area contributed by atoms with Crippen molar-refractivity contribution in [3.63, 3.8) is 0 Å². The minimum Gasteiger partial charge on any atom is -0.307 e. The van der Waals surface area contributed by atoms with Crippen LogP contribution < -0.4 is 5.32 Å². The van der Waals surface area contributed by atoms with Gasteiger partial charge < -0.3 is 5.32 Å². The Morgan fingerprint density at radius 2 is 2.00 bits per heavy atom. The summed E-state index contributed by atoms with van der Waals surface area (Å²) < 4.78 is 1.38. The van der Waals surface area contributed by atoms with E-state index in [0.717, 1.165) is 19.6 Å². The maximum Gasteiger partial charge on any atom is 0.0349 e. The van der Waals surface area contributed by atoms with Crippen LogP contribution in [0.4, 0.5) is 0 Å². The molecule has 0 amide bonds. The van der Waals surface area contributed by atoms with E-state index in [2.05, 4.69) is 68.9 Å². The van der Waals surface area contributed by atoms with E-state index in [1.807, 2.05) is 17.4 Å². The van der Waals surface area contributed by atoms with E-state index in [-0.39, 0.29) is 5.54 Å². The lowest BCUT2D eigenvalue weighted by Gasteiger charge is -2.21. The number of nitrogens with zero attached hydrogens (tertiary/aromatic N) is 1. The summed E-state index contributed by atoms with van der Waals surface area (Å²) in [4.78, 5) is 3.75. The second-order valence-electron chi connectivity index (χ2n) is 6.59. The standard InChI is InChI=1S/C18H26N2S/c1-6-11-20(5)13-15-14-9-7-8-10-16(14)21-17(15)12-19-18(2,3)4/h6-10,19H,1,11-13H2,2-5H3. The molecule has 2 nitrogen and oxygen atoms in total. The fourth-order valence-electron chi connectivity index (χ4n) is 2.37. The second kappa shape index (κ2) is 6.73. The minimum atomic E-state index is 0.139. The van der Waals surface area contributed by atoms with E-state index in [9.17, 15) is 0 Å². The van der Waals surface area contributed by atoms with Crippen LogP contribution in [0.25, 0.3) is 10.1 Å². The van der Waals surface area contributed by atoms with Gasteiger partial charge in [0.25, 0.3) is 0 Å². The highest BCUT2D eigenvalue weighted by Gasteiger charge is 2.16. The largest absolute Gasteiger partial charge is 0.307 e. The van der Waals surface area contributed by atoms with Crippen molar-refractivity contribution in [1.82, 2.24) is 10.2 Å². The van der Waals surface area contributed by atoms with E-state index >= 15 is 0 Å². The number of hydrogen-bond donors (Lipinski definition) is 1. The van der Waals surface area contributed by atoms with E-state index in [0.29, 0.717) is 0 Å². The molecule has 0 spiro atoms. The van der Waals surface area contributed by atoms with Crippen LogP contribution in [0, 0.1) is 0 Å². The number of thiophene rings is 1. The lowest BCUT2D eigenvalue weighted by Crippen LogP contribution is -2.35. The van der Waals surface area contributed by atoms with Crippen LogP contribution in [-0.4, -0.2) is 24.0 Å². The summed E-state index contributed by atoms with van der Waals surface area (Å²) in [6, 6.07) is 8.71. The Bertz CT molecular complexity index is 607. The van der Waals surface area contributed by atoms with Crippen molar-refractivity contribution in [2.75, 3.05) is 13.6 Å². The molecule has 3 heteroatoms. The van der Waals surface area contributed by atoms with E-state index in [1.54, 1.807) is 0 Å². The van der Waals surface area contributed by atoms with Crippen LogP contribution in [0.15, 0.2) is 36.9 Å². The highest BCUT2D eigenvalue weighted by atomic mass is 32.1. The topological polar surface area (TPSA) is 15.3 Å². The Balaban J connectivity index is 2.31. The summed E-state index contributed by atoms with van der Waals surface area (Å²) in [5.41, 5.74) is 1.59.